The Morgan fingerprint density at radius 3 is 2.21 bits per heavy atom. The summed E-state index contributed by atoms with van der Waals surface area (Å²) in [5.41, 5.74) is 5.93. The number of likely N-dealkylation sites (N-methyl/N-ethyl adjacent to an activating group) is 1. The Kier molecular flexibility index (Phi) is 6.83. The highest BCUT2D eigenvalue weighted by atomic mass is 15.1. The van der Waals surface area contributed by atoms with Crippen LogP contribution >= 0.6 is 0 Å². The van der Waals surface area contributed by atoms with E-state index >= 15 is 0 Å². The molecule has 0 heterocycles. The van der Waals surface area contributed by atoms with Crippen molar-refractivity contribution in [2.45, 2.75) is 19.8 Å². The van der Waals surface area contributed by atoms with Crippen LogP contribution in [-0.4, -0.2) is 25.5 Å². The largest absolute Gasteiger partial charge is 0.362 e. The van der Waals surface area contributed by atoms with Crippen LogP contribution in [-0.2, 0) is 0 Å². The van der Waals surface area contributed by atoms with Gasteiger partial charge in [-0.1, -0.05) is 74.5 Å². The zero-order chi connectivity index (χ0) is 17.4. The molecule has 0 aliphatic carbocycles. The van der Waals surface area contributed by atoms with Gasteiger partial charge in [-0.2, -0.15) is 0 Å². The van der Waals surface area contributed by atoms with Crippen molar-refractivity contribution in [1.29, 1.82) is 0 Å². The van der Waals surface area contributed by atoms with E-state index in [0.717, 1.165) is 25.1 Å². The average Bonchev–Trinajstić information content (AvgIpc) is 2.56. The Bertz CT molecular complexity index is 667. The minimum Gasteiger partial charge on any atom is -0.362 e. The molecule has 0 aliphatic rings. The first kappa shape index (κ1) is 18.0. The number of allylic oxidation sites excluding steroid dienone is 1. The normalized spacial score (nSPS) is 11.6. The van der Waals surface area contributed by atoms with E-state index in [-0.39, 0.29) is 0 Å². The van der Waals surface area contributed by atoms with Crippen molar-refractivity contribution in [3.05, 3.63) is 78.1 Å². The molecule has 2 heteroatoms. The Labute approximate surface area is 146 Å². The van der Waals surface area contributed by atoms with Crippen molar-refractivity contribution in [1.82, 2.24) is 10.2 Å². The van der Waals surface area contributed by atoms with Gasteiger partial charge in [-0.05, 0) is 43.3 Å². The number of benzene rings is 2. The van der Waals surface area contributed by atoms with Gasteiger partial charge in [-0.3, -0.25) is 0 Å². The van der Waals surface area contributed by atoms with E-state index in [2.05, 4.69) is 92.4 Å². The molecule has 0 saturated heterocycles. The van der Waals surface area contributed by atoms with Crippen molar-refractivity contribution in [3.63, 3.8) is 0 Å². The van der Waals surface area contributed by atoms with Crippen LogP contribution in [0.2, 0.25) is 0 Å². The fourth-order valence-corrected chi connectivity index (χ4v) is 2.66. The Hall–Kier alpha value is -2.32. The molecule has 2 nitrogen and oxygen atoms in total. The van der Waals surface area contributed by atoms with Gasteiger partial charge in [0.25, 0.3) is 0 Å². The molecule has 0 fully saturated rings. The molecule has 2 rings (SSSR count). The summed E-state index contributed by atoms with van der Waals surface area (Å²) in [7, 11) is 4.16. The Balaban J connectivity index is 2.17. The molecule has 24 heavy (non-hydrogen) atoms. The second-order valence-corrected chi connectivity index (χ2v) is 6.37. The molecule has 0 atom stereocenters. The van der Waals surface area contributed by atoms with Crippen molar-refractivity contribution in [2.75, 3.05) is 20.6 Å². The summed E-state index contributed by atoms with van der Waals surface area (Å²) in [4.78, 5) is 2.16. The number of hydrogen-bond donors (Lipinski definition) is 1. The second-order valence-electron chi connectivity index (χ2n) is 6.37. The molecule has 0 spiro atoms. The predicted octanol–water partition coefficient (Wildman–Crippen LogP) is 5.16. The fourth-order valence-electron chi connectivity index (χ4n) is 2.66. The smallest absolute Gasteiger partial charge is 0.0379 e. The van der Waals surface area contributed by atoms with Crippen LogP contribution in [0.5, 0.6) is 0 Å². The third kappa shape index (κ3) is 5.71. The van der Waals surface area contributed by atoms with Crippen LogP contribution in [0, 0.1) is 0 Å². The first-order chi connectivity index (χ1) is 11.6. The van der Waals surface area contributed by atoms with Crippen molar-refractivity contribution in [2.24, 2.45) is 0 Å². The maximum atomic E-state index is 4.12. The minimum atomic E-state index is 0.864. The quantitative estimate of drug-likeness (QED) is 0.723. The average molecular weight is 320 g/mol. The Morgan fingerprint density at radius 1 is 1.00 bits per heavy atom. The van der Waals surface area contributed by atoms with Crippen LogP contribution in [0.15, 0.2) is 72.6 Å². The summed E-state index contributed by atoms with van der Waals surface area (Å²) in [6, 6.07) is 19.2. The minimum absolute atomic E-state index is 0.864. The van der Waals surface area contributed by atoms with E-state index in [4.69, 9.17) is 0 Å². The lowest BCUT2D eigenvalue weighted by Gasteiger charge is -2.17. The van der Waals surface area contributed by atoms with Gasteiger partial charge in [0.1, 0.15) is 0 Å². The molecule has 126 valence electrons. The molecule has 0 bridgehead atoms. The summed E-state index contributed by atoms with van der Waals surface area (Å²) < 4.78 is 0. The van der Waals surface area contributed by atoms with Crippen LogP contribution in [0.25, 0.3) is 17.2 Å². The molecule has 0 unspecified atom stereocenters. The molecule has 0 saturated carbocycles. The first-order valence-electron chi connectivity index (χ1n) is 8.54. The predicted molar refractivity (Wildman–Crippen MR) is 106 cm³/mol. The highest BCUT2D eigenvalue weighted by Gasteiger charge is 2.03. The number of hydrogen-bond acceptors (Lipinski definition) is 2. The maximum Gasteiger partial charge on any atom is 0.0379 e. The van der Waals surface area contributed by atoms with E-state index in [1.54, 1.807) is 0 Å². The van der Waals surface area contributed by atoms with Gasteiger partial charge >= 0.3 is 0 Å². The van der Waals surface area contributed by atoms with E-state index in [1.807, 2.05) is 6.07 Å². The van der Waals surface area contributed by atoms with Crippen molar-refractivity contribution in [3.8, 4) is 11.1 Å². The fraction of sp³-hybridized carbons (Fsp3) is 0.273. The van der Waals surface area contributed by atoms with Gasteiger partial charge in [-0.15, -0.1) is 0 Å². The molecule has 0 amide bonds. The van der Waals surface area contributed by atoms with Gasteiger partial charge in [0.2, 0.25) is 0 Å². The lowest BCUT2D eigenvalue weighted by Crippen LogP contribution is -2.23. The topological polar surface area (TPSA) is 15.3 Å². The highest BCUT2D eigenvalue weighted by molar-refractivity contribution is 5.66. The van der Waals surface area contributed by atoms with Crippen LogP contribution in [0.1, 0.15) is 25.3 Å². The summed E-state index contributed by atoms with van der Waals surface area (Å²) in [6.45, 7) is 7.15. The van der Waals surface area contributed by atoms with Gasteiger partial charge in [-0.25, -0.2) is 0 Å². The van der Waals surface area contributed by atoms with E-state index in [1.165, 1.54) is 22.4 Å². The third-order valence-corrected chi connectivity index (χ3v) is 3.73. The lowest BCUT2D eigenvalue weighted by atomic mass is 10.0. The molecule has 0 aromatic heterocycles. The lowest BCUT2D eigenvalue weighted by molar-refractivity contribution is 0.437. The second kappa shape index (κ2) is 9.09. The van der Waals surface area contributed by atoms with Crippen molar-refractivity contribution >= 4 is 6.08 Å². The van der Waals surface area contributed by atoms with Crippen LogP contribution in [0.3, 0.4) is 0 Å². The number of rotatable bonds is 8. The first-order valence-corrected chi connectivity index (χ1v) is 8.54. The molecule has 2 aromatic rings. The molecular weight excluding hydrogens is 292 g/mol. The van der Waals surface area contributed by atoms with Crippen LogP contribution < -0.4 is 5.32 Å². The maximum absolute atomic E-state index is 4.12. The summed E-state index contributed by atoms with van der Waals surface area (Å²) >= 11 is 0. The van der Waals surface area contributed by atoms with E-state index in [9.17, 15) is 0 Å². The van der Waals surface area contributed by atoms with Gasteiger partial charge in [0.05, 0.1) is 0 Å². The van der Waals surface area contributed by atoms with E-state index < -0.39 is 0 Å². The molecule has 1 N–H and O–H groups in total. The highest BCUT2D eigenvalue weighted by Crippen LogP contribution is 2.20. The standard InChI is InChI=1S/C22H28N2/c1-5-9-18(2)23-22(17-24(3)4)16-19-12-14-21(15-13-19)20-10-7-6-8-11-20/h6-8,10-16,23H,2,5,9,17H2,1,3-4H3/b22-16-. The van der Waals surface area contributed by atoms with Crippen molar-refractivity contribution < 1.29 is 0 Å². The van der Waals surface area contributed by atoms with Gasteiger partial charge < -0.3 is 10.2 Å². The zero-order valence-electron chi connectivity index (χ0n) is 15.0. The zero-order valence-corrected chi connectivity index (χ0v) is 15.0. The van der Waals surface area contributed by atoms with E-state index in [0.29, 0.717) is 0 Å². The summed E-state index contributed by atoms with van der Waals surface area (Å²) in [5, 5.41) is 3.47. The van der Waals surface area contributed by atoms with Gasteiger partial charge in [0, 0.05) is 17.9 Å². The summed E-state index contributed by atoms with van der Waals surface area (Å²) in [6.07, 6.45) is 4.31. The number of nitrogens with one attached hydrogen (secondary N) is 1. The summed E-state index contributed by atoms with van der Waals surface area (Å²) in [5.74, 6) is 0. The van der Waals surface area contributed by atoms with Crippen LogP contribution in [0.4, 0.5) is 0 Å². The van der Waals surface area contributed by atoms with Gasteiger partial charge in [0.15, 0.2) is 0 Å². The Morgan fingerprint density at radius 2 is 1.62 bits per heavy atom. The molecule has 2 aromatic carbocycles. The molecule has 0 radical (unpaired) electrons. The molecule has 0 aliphatic heterocycles. The monoisotopic (exact) mass is 320 g/mol. The number of nitrogens with zero attached hydrogens (tertiary/aromatic N) is 1. The molecular formula is C22H28N2. The SMILES string of the molecule is C=C(CCC)N/C(=C\c1ccc(-c2ccccc2)cc1)CN(C)C. The third-order valence-electron chi connectivity index (χ3n) is 3.73.